The molecule has 0 aromatic heterocycles. The van der Waals surface area contributed by atoms with Gasteiger partial charge in [0.1, 0.15) is 0 Å². The number of hydrogen-bond acceptors (Lipinski definition) is 1. The average Bonchev–Trinajstić information content (AvgIpc) is 2.04. The molecule has 0 aliphatic heterocycles. The van der Waals surface area contributed by atoms with Crippen molar-refractivity contribution in [2.24, 2.45) is 11.7 Å². The van der Waals surface area contributed by atoms with Gasteiger partial charge in [0.25, 0.3) is 0 Å². The molecule has 1 atom stereocenters. The van der Waals surface area contributed by atoms with Crippen LogP contribution in [-0.2, 0) is 0 Å². The van der Waals surface area contributed by atoms with E-state index < -0.39 is 0 Å². The Morgan fingerprint density at radius 1 is 1.15 bits per heavy atom. The van der Waals surface area contributed by atoms with Crippen LogP contribution in [-0.4, -0.2) is 0 Å². The summed E-state index contributed by atoms with van der Waals surface area (Å²) < 4.78 is 0. The van der Waals surface area contributed by atoms with Crippen molar-refractivity contribution < 1.29 is 0 Å². The van der Waals surface area contributed by atoms with Gasteiger partial charge in [-0.15, -0.1) is 0 Å². The summed E-state index contributed by atoms with van der Waals surface area (Å²) in [6.45, 7) is 6.50. The monoisotopic (exact) mass is 177 g/mol. The highest BCUT2D eigenvalue weighted by molar-refractivity contribution is 5.23. The summed E-state index contributed by atoms with van der Waals surface area (Å²) >= 11 is 0. The fourth-order valence-corrected chi connectivity index (χ4v) is 1.46. The summed E-state index contributed by atoms with van der Waals surface area (Å²) in [7, 11) is 0. The van der Waals surface area contributed by atoms with E-state index in [0.717, 1.165) is 6.42 Å². The molecule has 2 N–H and O–H groups in total. The molecule has 1 aromatic rings. The van der Waals surface area contributed by atoms with Gasteiger partial charge in [-0.25, -0.2) is 0 Å². The van der Waals surface area contributed by atoms with E-state index >= 15 is 0 Å². The molecule has 0 heterocycles. The minimum atomic E-state index is 0.195. The fourth-order valence-electron chi connectivity index (χ4n) is 1.46. The second-order valence-electron chi connectivity index (χ2n) is 4.15. The molecule has 0 aliphatic rings. The highest BCUT2D eigenvalue weighted by atomic mass is 14.6. The maximum atomic E-state index is 6.05. The zero-order chi connectivity index (χ0) is 9.84. The highest BCUT2D eigenvalue weighted by Gasteiger charge is 2.07. The van der Waals surface area contributed by atoms with E-state index in [-0.39, 0.29) is 6.04 Å². The van der Waals surface area contributed by atoms with Crippen LogP contribution in [0.15, 0.2) is 24.3 Å². The first-order valence-electron chi connectivity index (χ1n) is 4.91. The normalized spacial score (nSPS) is 13.3. The SMILES string of the molecule is Cc1ccc([C@H](N)CC(C)C)cc1. The Bertz CT molecular complexity index is 248. The van der Waals surface area contributed by atoms with Crippen LogP contribution in [0.1, 0.15) is 37.4 Å². The van der Waals surface area contributed by atoms with Crippen LogP contribution in [0.25, 0.3) is 0 Å². The molecule has 0 amide bonds. The number of rotatable bonds is 3. The molecular weight excluding hydrogens is 158 g/mol. The molecule has 0 saturated heterocycles. The minimum absolute atomic E-state index is 0.195. The van der Waals surface area contributed by atoms with Crippen LogP contribution in [0, 0.1) is 12.8 Å². The summed E-state index contributed by atoms with van der Waals surface area (Å²) in [5.74, 6) is 0.663. The van der Waals surface area contributed by atoms with E-state index in [0.29, 0.717) is 5.92 Å². The summed E-state index contributed by atoms with van der Waals surface area (Å²) in [6.07, 6.45) is 1.06. The Labute approximate surface area is 81.0 Å². The van der Waals surface area contributed by atoms with Crippen molar-refractivity contribution in [1.82, 2.24) is 0 Å². The van der Waals surface area contributed by atoms with Crippen molar-refractivity contribution in [3.05, 3.63) is 35.4 Å². The number of nitrogens with two attached hydrogens (primary N) is 1. The van der Waals surface area contributed by atoms with Crippen LogP contribution in [0.5, 0.6) is 0 Å². The zero-order valence-electron chi connectivity index (χ0n) is 8.75. The quantitative estimate of drug-likeness (QED) is 0.754. The van der Waals surface area contributed by atoms with Crippen molar-refractivity contribution in [3.63, 3.8) is 0 Å². The summed E-state index contributed by atoms with van der Waals surface area (Å²) in [4.78, 5) is 0. The van der Waals surface area contributed by atoms with Gasteiger partial charge < -0.3 is 5.73 Å². The molecule has 0 bridgehead atoms. The number of aryl methyl sites for hydroxylation is 1. The zero-order valence-corrected chi connectivity index (χ0v) is 8.75. The third-order valence-electron chi connectivity index (χ3n) is 2.23. The van der Waals surface area contributed by atoms with Gasteiger partial charge in [-0.05, 0) is 24.8 Å². The molecule has 1 nitrogen and oxygen atoms in total. The summed E-state index contributed by atoms with van der Waals surface area (Å²) in [5.41, 5.74) is 8.59. The van der Waals surface area contributed by atoms with E-state index in [9.17, 15) is 0 Å². The third-order valence-corrected chi connectivity index (χ3v) is 2.23. The predicted octanol–water partition coefficient (Wildman–Crippen LogP) is 3.04. The van der Waals surface area contributed by atoms with Gasteiger partial charge in [-0.2, -0.15) is 0 Å². The molecule has 0 fully saturated rings. The first-order chi connectivity index (χ1) is 6.09. The molecule has 1 heteroatoms. The Kier molecular flexibility index (Phi) is 3.49. The van der Waals surface area contributed by atoms with Crippen molar-refractivity contribution >= 4 is 0 Å². The van der Waals surface area contributed by atoms with E-state index in [1.165, 1.54) is 11.1 Å². The van der Waals surface area contributed by atoms with Crippen LogP contribution < -0.4 is 5.73 Å². The molecule has 1 aromatic carbocycles. The molecule has 0 aliphatic carbocycles. The fraction of sp³-hybridized carbons (Fsp3) is 0.500. The van der Waals surface area contributed by atoms with Crippen LogP contribution >= 0.6 is 0 Å². The lowest BCUT2D eigenvalue weighted by atomic mass is 9.97. The molecule has 0 spiro atoms. The molecule has 72 valence electrons. The van der Waals surface area contributed by atoms with E-state index in [2.05, 4.69) is 45.0 Å². The second-order valence-corrected chi connectivity index (χ2v) is 4.15. The third kappa shape index (κ3) is 3.19. The molecule has 0 radical (unpaired) electrons. The van der Waals surface area contributed by atoms with Gasteiger partial charge in [-0.1, -0.05) is 43.7 Å². The Hall–Kier alpha value is -0.820. The van der Waals surface area contributed by atoms with Gasteiger partial charge in [0.15, 0.2) is 0 Å². The standard InChI is InChI=1S/C12H19N/c1-9(2)8-12(13)11-6-4-10(3)5-7-11/h4-7,9,12H,8,13H2,1-3H3/t12-/m1/s1. The average molecular weight is 177 g/mol. The first kappa shape index (κ1) is 10.3. The van der Waals surface area contributed by atoms with Crippen LogP contribution in [0.3, 0.4) is 0 Å². The van der Waals surface area contributed by atoms with Crippen molar-refractivity contribution in [2.75, 3.05) is 0 Å². The molecule has 1 rings (SSSR count). The molecular formula is C12H19N. The topological polar surface area (TPSA) is 26.0 Å². The molecule has 0 saturated carbocycles. The second kappa shape index (κ2) is 4.43. The van der Waals surface area contributed by atoms with Gasteiger partial charge >= 0.3 is 0 Å². The largest absolute Gasteiger partial charge is 0.324 e. The van der Waals surface area contributed by atoms with Crippen molar-refractivity contribution in [2.45, 2.75) is 33.2 Å². The number of benzene rings is 1. The van der Waals surface area contributed by atoms with Gasteiger partial charge in [0.2, 0.25) is 0 Å². The summed E-state index contributed by atoms with van der Waals surface area (Å²) in [6, 6.07) is 8.69. The Morgan fingerprint density at radius 2 is 1.69 bits per heavy atom. The first-order valence-corrected chi connectivity index (χ1v) is 4.91. The minimum Gasteiger partial charge on any atom is -0.324 e. The van der Waals surface area contributed by atoms with E-state index in [1.807, 2.05) is 0 Å². The van der Waals surface area contributed by atoms with Crippen molar-refractivity contribution in [3.8, 4) is 0 Å². The number of hydrogen-bond donors (Lipinski definition) is 1. The molecule has 13 heavy (non-hydrogen) atoms. The Morgan fingerprint density at radius 3 is 2.15 bits per heavy atom. The van der Waals surface area contributed by atoms with Crippen molar-refractivity contribution in [1.29, 1.82) is 0 Å². The predicted molar refractivity (Wildman–Crippen MR) is 57.6 cm³/mol. The van der Waals surface area contributed by atoms with E-state index in [1.54, 1.807) is 0 Å². The lowest BCUT2D eigenvalue weighted by Gasteiger charge is -2.14. The van der Waals surface area contributed by atoms with Crippen LogP contribution in [0.4, 0.5) is 0 Å². The van der Waals surface area contributed by atoms with Gasteiger partial charge in [0, 0.05) is 6.04 Å². The van der Waals surface area contributed by atoms with Crippen LogP contribution in [0.2, 0.25) is 0 Å². The lowest BCUT2D eigenvalue weighted by Crippen LogP contribution is -2.12. The Balaban J connectivity index is 2.66. The summed E-state index contributed by atoms with van der Waals surface area (Å²) in [5, 5.41) is 0. The molecule has 0 unspecified atom stereocenters. The van der Waals surface area contributed by atoms with Gasteiger partial charge in [-0.3, -0.25) is 0 Å². The lowest BCUT2D eigenvalue weighted by molar-refractivity contribution is 0.510. The maximum absolute atomic E-state index is 6.05. The smallest absolute Gasteiger partial charge is 0.0297 e. The maximum Gasteiger partial charge on any atom is 0.0297 e. The van der Waals surface area contributed by atoms with Gasteiger partial charge in [0.05, 0.1) is 0 Å². The van der Waals surface area contributed by atoms with E-state index in [4.69, 9.17) is 5.73 Å². The highest BCUT2D eigenvalue weighted by Crippen LogP contribution is 2.18.